The van der Waals surface area contributed by atoms with Gasteiger partial charge in [-0.3, -0.25) is 0 Å². The number of halogens is 1. The Morgan fingerprint density at radius 1 is 1.22 bits per heavy atom. The van der Waals surface area contributed by atoms with E-state index in [1.807, 2.05) is 24.3 Å². The molecule has 0 aliphatic heterocycles. The number of anilines is 1. The minimum absolute atomic E-state index is 0.436. The number of hydrogen-bond acceptors (Lipinski definition) is 4. The Hall–Kier alpha value is -2.14. The van der Waals surface area contributed by atoms with Gasteiger partial charge in [0.25, 0.3) is 0 Å². The summed E-state index contributed by atoms with van der Waals surface area (Å²) in [7, 11) is 0. The summed E-state index contributed by atoms with van der Waals surface area (Å²) in [6, 6.07) is 7.65. The van der Waals surface area contributed by atoms with Crippen molar-refractivity contribution in [3.63, 3.8) is 0 Å². The summed E-state index contributed by atoms with van der Waals surface area (Å²) in [5.41, 5.74) is 7.46. The van der Waals surface area contributed by atoms with Gasteiger partial charge in [-0.15, -0.1) is 0 Å². The van der Waals surface area contributed by atoms with Gasteiger partial charge in [-0.05, 0) is 11.6 Å². The number of benzene rings is 1. The van der Waals surface area contributed by atoms with Crippen LogP contribution >= 0.6 is 11.6 Å². The number of rotatable bonds is 2. The van der Waals surface area contributed by atoms with E-state index in [9.17, 15) is 0 Å². The molecule has 90 valence electrons. The second-order valence-corrected chi connectivity index (χ2v) is 4.30. The zero-order valence-corrected chi connectivity index (χ0v) is 10.2. The maximum Gasteiger partial charge on any atom is 0.163 e. The van der Waals surface area contributed by atoms with Crippen LogP contribution in [-0.2, 0) is 6.54 Å². The second-order valence-electron chi connectivity index (χ2n) is 3.89. The molecule has 0 aliphatic carbocycles. The summed E-state index contributed by atoms with van der Waals surface area (Å²) >= 11 is 6.13. The molecule has 0 spiro atoms. The molecular weight excluding hydrogens is 250 g/mol. The van der Waals surface area contributed by atoms with Crippen LogP contribution < -0.4 is 5.73 Å². The van der Waals surface area contributed by atoms with Crippen molar-refractivity contribution in [3.8, 4) is 0 Å². The van der Waals surface area contributed by atoms with Gasteiger partial charge in [0.2, 0.25) is 0 Å². The highest BCUT2D eigenvalue weighted by Crippen LogP contribution is 2.20. The van der Waals surface area contributed by atoms with E-state index in [1.54, 1.807) is 10.9 Å². The minimum atomic E-state index is 0.436. The predicted molar refractivity (Wildman–Crippen MR) is 70.3 cm³/mol. The van der Waals surface area contributed by atoms with E-state index in [0.29, 0.717) is 23.0 Å². The summed E-state index contributed by atoms with van der Waals surface area (Å²) in [5, 5.41) is 5.73. The average molecular weight is 260 g/mol. The molecule has 2 aromatic heterocycles. The second kappa shape index (κ2) is 4.27. The van der Waals surface area contributed by atoms with E-state index in [4.69, 9.17) is 17.3 Å². The van der Waals surface area contributed by atoms with E-state index in [0.717, 1.165) is 10.9 Å². The number of aromatic nitrogens is 4. The maximum atomic E-state index is 6.13. The van der Waals surface area contributed by atoms with Crippen molar-refractivity contribution in [1.29, 1.82) is 0 Å². The molecule has 0 saturated carbocycles. The first-order valence-corrected chi connectivity index (χ1v) is 5.79. The highest BCUT2D eigenvalue weighted by Gasteiger charge is 2.09. The zero-order chi connectivity index (χ0) is 12.5. The van der Waals surface area contributed by atoms with Crippen LogP contribution in [0.25, 0.3) is 11.0 Å². The lowest BCUT2D eigenvalue weighted by molar-refractivity contribution is 0.704. The van der Waals surface area contributed by atoms with Gasteiger partial charge in [0.15, 0.2) is 5.65 Å². The van der Waals surface area contributed by atoms with Crippen molar-refractivity contribution in [2.45, 2.75) is 6.54 Å². The Kier molecular flexibility index (Phi) is 2.60. The van der Waals surface area contributed by atoms with Crippen molar-refractivity contribution in [3.05, 3.63) is 47.4 Å². The Balaban J connectivity index is 2.06. The van der Waals surface area contributed by atoms with Gasteiger partial charge < -0.3 is 5.73 Å². The molecule has 5 nitrogen and oxygen atoms in total. The van der Waals surface area contributed by atoms with Crippen LogP contribution in [-0.4, -0.2) is 19.7 Å². The van der Waals surface area contributed by atoms with Crippen molar-refractivity contribution < 1.29 is 0 Å². The highest BCUT2D eigenvalue weighted by atomic mass is 35.5. The lowest BCUT2D eigenvalue weighted by Crippen LogP contribution is -2.03. The molecule has 1 aromatic carbocycles. The summed E-state index contributed by atoms with van der Waals surface area (Å²) in [4.78, 5) is 8.13. The van der Waals surface area contributed by atoms with Gasteiger partial charge in [-0.2, -0.15) is 5.10 Å². The summed E-state index contributed by atoms with van der Waals surface area (Å²) in [6.45, 7) is 0.555. The van der Waals surface area contributed by atoms with Crippen LogP contribution in [0, 0.1) is 0 Å². The minimum Gasteiger partial charge on any atom is -0.383 e. The first kappa shape index (κ1) is 11.0. The molecule has 3 rings (SSSR count). The van der Waals surface area contributed by atoms with Gasteiger partial charge in [0.05, 0.1) is 18.1 Å². The molecule has 2 N–H and O–H groups in total. The van der Waals surface area contributed by atoms with Crippen molar-refractivity contribution >= 4 is 28.5 Å². The lowest BCUT2D eigenvalue weighted by atomic mass is 10.2. The fourth-order valence-corrected chi connectivity index (χ4v) is 2.01. The van der Waals surface area contributed by atoms with Crippen LogP contribution in [0.1, 0.15) is 5.56 Å². The summed E-state index contributed by atoms with van der Waals surface area (Å²) < 4.78 is 1.76. The molecule has 0 aliphatic rings. The van der Waals surface area contributed by atoms with Crippen LogP contribution in [0.15, 0.2) is 36.8 Å². The maximum absolute atomic E-state index is 6.13. The van der Waals surface area contributed by atoms with Crippen LogP contribution in [0.3, 0.4) is 0 Å². The van der Waals surface area contributed by atoms with Gasteiger partial charge in [-0.1, -0.05) is 29.8 Å². The number of nitrogens with zero attached hydrogens (tertiary/aromatic N) is 4. The molecule has 0 unspecified atom stereocenters. The quantitative estimate of drug-likeness (QED) is 0.765. The molecular formula is C12H10ClN5. The van der Waals surface area contributed by atoms with Gasteiger partial charge in [0.1, 0.15) is 12.1 Å². The number of fused-ring (bicyclic) bond motifs is 1. The summed E-state index contributed by atoms with van der Waals surface area (Å²) in [5.74, 6) is 0.436. The first-order valence-electron chi connectivity index (χ1n) is 5.41. The molecule has 0 saturated heterocycles. The Morgan fingerprint density at radius 2 is 2.06 bits per heavy atom. The Bertz CT molecular complexity index is 707. The third-order valence-corrected chi connectivity index (χ3v) is 3.11. The van der Waals surface area contributed by atoms with Crippen LogP contribution in [0.2, 0.25) is 5.02 Å². The van der Waals surface area contributed by atoms with Gasteiger partial charge in [-0.25, -0.2) is 14.6 Å². The topological polar surface area (TPSA) is 69.6 Å². The molecule has 0 atom stereocenters. The van der Waals surface area contributed by atoms with Crippen molar-refractivity contribution in [2.24, 2.45) is 0 Å². The van der Waals surface area contributed by atoms with E-state index >= 15 is 0 Å². The largest absolute Gasteiger partial charge is 0.383 e. The van der Waals surface area contributed by atoms with Crippen molar-refractivity contribution in [2.75, 3.05) is 5.73 Å². The normalized spacial score (nSPS) is 10.9. The molecule has 3 aromatic rings. The fourth-order valence-electron chi connectivity index (χ4n) is 1.81. The molecule has 0 radical (unpaired) electrons. The smallest absolute Gasteiger partial charge is 0.163 e. The number of hydrogen-bond donors (Lipinski definition) is 1. The van der Waals surface area contributed by atoms with Crippen LogP contribution in [0.5, 0.6) is 0 Å². The van der Waals surface area contributed by atoms with E-state index in [-0.39, 0.29) is 0 Å². The third kappa shape index (κ3) is 1.78. The lowest BCUT2D eigenvalue weighted by Gasteiger charge is -2.05. The van der Waals surface area contributed by atoms with E-state index in [1.165, 1.54) is 6.33 Å². The highest BCUT2D eigenvalue weighted by molar-refractivity contribution is 6.31. The van der Waals surface area contributed by atoms with Gasteiger partial charge >= 0.3 is 0 Å². The molecule has 2 heterocycles. The SMILES string of the molecule is Nc1ncnc2c1cnn2Cc1ccccc1Cl. The number of nitrogens with two attached hydrogens (primary N) is 1. The molecule has 0 amide bonds. The average Bonchev–Trinajstić information content (AvgIpc) is 2.77. The predicted octanol–water partition coefficient (Wildman–Crippen LogP) is 2.11. The molecule has 18 heavy (non-hydrogen) atoms. The zero-order valence-electron chi connectivity index (χ0n) is 9.42. The summed E-state index contributed by atoms with van der Waals surface area (Å²) in [6.07, 6.45) is 3.10. The Labute approximate surface area is 108 Å². The van der Waals surface area contributed by atoms with Crippen LogP contribution in [0.4, 0.5) is 5.82 Å². The molecule has 6 heteroatoms. The van der Waals surface area contributed by atoms with Crippen molar-refractivity contribution in [1.82, 2.24) is 19.7 Å². The monoisotopic (exact) mass is 259 g/mol. The number of nitrogen functional groups attached to an aromatic ring is 1. The fraction of sp³-hybridized carbons (Fsp3) is 0.0833. The van der Waals surface area contributed by atoms with E-state index < -0.39 is 0 Å². The van der Waals surface area contributed by atoms with Gasteiger partial charge in [0, 0.05) is 5.02 Å². The van der Waals surface area contributed by atoms with E-state index in [2.05, 4.69) is 15.1 Å². The molecule has 0 bridgehead atoms. The first-order chi connectivity index (χ1) is 8.75. The third-order valence-electron chi connectivity index (χ3n) is 2.74. The Morgan fingerprint density at radius 3 is 2.89 bits per heavy atom. The molecule has 0 fully saturated rings. The standard InChI is InChI=1S/C12H10ClN5/c13-10-4-2-1-3-8(10)6-18-12-9(5-17-18)11(14)15-7-16-12/h1-5,7H,6H2,(H2,14,15,16).